The molecule has 0 aromatic carbocycles. The molecule has 13 heavy (non-hydrogen) atoms. The fourth-order valence-corrected chi connectivity index (χ4v) is 1.82. The summed E-state index contributed by atoms with van der Waals surface area (Å²) in [6.07, 6.45) is 7.20. The molecule has 1 rings (SSSR count). The quantitative estimate of drug-likeness (QED) is 0.650. The van der Waals surface area contributed by atoms with Crippen LogP contribution in [0, 0.1) is 11.3 Å². The molecule has 0 saturated carbocycles. The first-order valence-electron chi connectivity index (χ1n) is 5.33. The van der Waals surface area contributed by atoms with Crippen LogP contribution in [0.3, 0.4) is 0 Å². The molecule has 1 aliphatic carbocycles. The summed E-state index contributed by atoms with van der Waals surface area (Å²) < 4.78 is 0. The summed E-state index contributed by atoms with van der Waals surface area (Å²) in [7, 11) is 0. The highest BCUT2D eigenvalue weighted by atomic mass is 16.3. The number of hydrogen-bond donors (Lipinski definition) is 1. The van der Waals surface area contributed by atoms with Gasteiger partial charge in [-0.15, -0.1) is 0 Å². The zero-order valence-corrected chi connectivity index (χ0v) is 9.30. The summed E-state index contributed by atoms with van der Waals surface area (Å²) in [5, 5.41) is 10.4. The number of aliphatic hydroxyl groups is 1. The van der Waals surface area contributed by atoms with Gasteiger partial charge in [0, 0.05) is 0 Å². The minimum Gasteiger partial charge on any atom is -0.385 e. The predicted molar refractivity (Wildman–Crippen MR) is 56.6 cm³/mol. The first-order chi connectivity index (χ1) is 5.91. The molecule has 2 atom stereocenters. The van der Waals surface area contributed by atoms with E-state index in [9.17, 15) is 5.11 Å². The van der Waals surface area contributed by atoms with Crippen LogP contribution in [-0.2, 0) is 0 Å². The molecule has 0 aromatic heterocycles. The molecule has 1 N–H and O–H groups in total. The molecule has 0 heterocycles. The summed E-state index contributed by atoms with van der Waals surface area (Å²) in [5.41, 5.74) is -0.572. The molecular weight excluding hydrogens is 160 g/mol. The second kappa shape index (κ2) is 3.45. The molecule has 0 saturated heterocycles. The number of hydrogen-bond acceptors (Lipinski definition) is 1. The number of rotatable bonds is 2. The Morgan fingerprint density at radius 3 is 2.54 bits per heavy atom. The van der Waals surface area contributed by atoms with Crippen molar-refractivity contribution >= 4 is 0 Å². The van der Waals surface area contributed by atoms with E-state index in [0.29, 0.717) is 5.92 Å². The van der Waals surface area contributed by atoms with Crippen LogP contribution in [0.15, 0.2) is 12.2 Å². The Kier molecular flexibility index (Phi) is 2.86. The molecule has 76 valence electrons. The van der Waals surface area contributed by atoms with Gasteiger partial charge in [-0.3, -0.25) is 0 Å². The highest BCUT2D eigenvalue weighted by Crippen LogP contribution is 2.41. The Morgan fingerprint density at radius 1 is 1.54 bits per heavy atom. The average molecular weight is 182 g/mol. The Morgan fingerprint density at radius 2 is 2.15 bits per heavy atom. The Bertz CT molecular complexity index is 205. The minimum atomic E-state index is -0.575. The van der Waals surface area contributed by atoms with E-state index >= 15 is 0 Å². The van der Waals surface area contributed by atoms with Crippen molar-refractivity contribution in [1.29, 1.82) is 0 Å². The monoisotopic (exact) mass is 182 g/mol. The lowest BCUT2D eigenvalue weighted by Crippen LogP contribution is -2.44. The van der Waals surface area contributed by atoms with Crippen molar-refractivity contribution in [3.63, 3.8) is 0 Å². The smallest absolute Gasteiger partial charge is 0.0878 e. The van der Waals surface area contributed by atoms with E-state index in [2.05, 4.69) is 33.8 Å². The molecule has 0 aromatic rings. The molecule has 1 heteroatoms. The fourth-order valence-electron chi connectivity index (χ4n) is 1.82. The fraction of sp³-hybridized carbons (Fsp3) is 0.833. The molecule has 0 amide bonds. The van der Waals surface area contributed by atoms with E-state index < -0.39 is 5.60 Å². The lowest BCUT2D eigenvalue weighted by molar-refractivity contribution is -0.0409. The maximum atomic E-state index is 10.4. The van der Waals surface area contributed by atoms with Gasteiger partial charge in [0.1, 0.15) is 0 Å². The molecule has 2 unspecified atom stereocenters. The van der Waals surface area contributed by atoms with Crippen molar-refractivity contribution < 1.29 is 5.11 Å². The lowest BCUT2D eigenvalue weighted by Gasteiger charge is -2.43. The van der Waals surface area contributed by atoms with Gasteiger partial charge in [-0.25, -0.2) is 0 Å². The standard InChI is InChI=1S/C12H22O/c1-5-11(3,4)12(13)8-6-10(2)7-9-12/h6,8,10,13H,5,7,9H2,1-4H3. The lowest BCUT2D eigenvalue weighted by atomic mass is 9.67. The van der Waals surface area contributed by atoms with Crippen LogP contribution in [0.1, 0.15) is 47.0 Å². The van der Waals surface area contributed by atoms with Crippen LogP contribution in [0.5, 0.6) is 0 Å². The SMILES string of the molecule is CCC(C)(C)C1(O)C=CC(C)CC1. The van der Waals surface area contributed by atoms with Gasteiger partial charge < -0.3 is 5.11 Å². The molecular formula is C12H22O. The van der Waals surface area contributed by atoms with Crippen LogP contribution >= 0.6 is 0 Å². The molecule has 0 bridgehead atoms. The molecule has 0 fully saturated rings. The summed E-state index contributed by atoms with van der Waals surface area (Å²) >= 11 is 0. The Balaban J connectivity index is 2.83. The maximum absolute atomic E-state index is 10.4. The summed E-state index contributed by atoms with van der Waals surface area (Å²) in [4.78, 5) is 0. The van der Waals surface area contributed by atoms with Gasteiger partial charge in [-0.1, -0.05) is 39.8 Å². The second-order valence-corrected chi connectivity index (χ2v) is 5.04. The zero-order valence-electron chi connectivity index (χ0n) is 9.30. The van der Waals surface area contributed by atoms with Crippen molar-refractivity contribution in [1.82, 2.24) is 0 Å². The third kappa shape index (κ3) is 1.96. The summed E-state index contributed by atoms with van der Waals surface area (Å²) in [5.74, 6) is 0.632. The van der Waals surface area contributed by atoms with Crippen LogP contribution in [0.4, 0.5) is 0 Å². The van der Waals surface area contributed by atoms with Crippen molar-refractivity contribution in [2.45, 2.75) is 52.6 Å². The third-order valence-corrected chi connectivity index (χ3v) is 3.74. The van der Waals surface area contributed by atoms with Gasteiger partial charge in [-0.2, -0.15) is 0 Å². The van der Waals surface area contributed by atoms with E-state index in [1.807, 2.05) is 6.08 Å². The van der Waals surface area contributed by atoms with E-state index in [4.69, 9.17) is 0 Å². The average Bonchev–Trinajstić information content (AvgIpc) is 2.10. The summed E-state index contributed by atoms with van der Waals surface area (Å²) in [6, 6.07) is 0. The maximum Gasteiger partial charge on any atom is 0.0878 e. The molecule has 0 aliphatic heterocycles. The van der Waals surface area contributed by atoms with Crippen molar-refractivity contribution in [3.8, 4) is 0 Å². The number of allylic oxidation sites excluding steroid dienone is 1. The minimum absolute atomic E-state index is 0.00361. The van der Waals surface area contributed by atoms with Gasteiger partial charge in [0.25, 0.3) is 0 Å². The van der Waals surface area contributed by atoms with Gasteiger partial charge in [-0.05, 0) is 30.6 Å². The van der Waals surface area contributed by atoms with Crippen molar-refractivity contribution in [3.05, 3.63) is 12.2 Å². The van der Waals surface area contributed by atoms with Crippen LogP contribution in [0.2, 0.25) is 0 Å². The van der Waals surface area contributed by atoms with E-state index in [1.54, 1.807) is 0 Å². The van der Waals surface area contributed by atoms with E-state index in [0.717, 1.165) is 19.3 Å². The van der Waals surface area contributed by atoms with Crippen molar-refractivity contribution in [2.75, 3.05) is 0 Å². The van der Waals surface area contributed by atoms with E-state index in [-0.39, 0.29) is 5.41 Å². The summed E-state index contributed by atoms with van der Waals surface area (Å²) in [6.45, 7) is 8.64. The third-order valence-electron chi connectivity index (χ3n) is 3.74. The zero-order chi connectivity index (χ0) is 10.1. The molecule has 0 radical (unpaired) electrons. The van der Waals surface area contributed by atoms with Gasteiger partial charge >= 0.3 is 0 Å². The van der Waals surface area contributed by atoms with Crippen molar-refractivity contribution in [2.24, 2.45) is 11.3 Å². The van der Waals surface area contributed by atoms with E-state index in [1.165, 1.54) is 0 Å². The van der Waals surface area contributed by atoms with Crippen LogP contribution in [0.25, 0.3) is 0 Å². The van der Waals surface area contributed by atoms with Crippen LogP contribution in [-0.4, -0.2) is 10.7 Å². The normalized spacial score (nSPS) is 35.0. The van der Waals surface area contributed by atoms with Gasteiger partial charge in [0.05, 0.1) is 5.60 Å². The largest absolute Gasteiger partial charge is 0.385 e. The predicted octanol–water partition coefficient (Wildman–Crippen LogP) is 3.14. The topological polar surface area (TPSA) is 20.2 Å². The highest BCUT2D eigenvalue weighted by Gasteiger charge is 2.41. The van der Waals surface area contributed by atoms with Gasteiger partial charge in [0.2, 0.25) is 0 Å². The van der Waals surface area contributed by atoms with Gasteiger partial charge in [0.15, 0.2) is 0 Å². The first-order valence-corrected chi connectivity index (χ1v) is 5.33. The second-order valence-electron chi connectivity index (χ2n) is 5.04. The Hall–Kier alpha value is -0.300. The molecule has 1 nitrogen and oxygen atoms in total. The van der Waals surface area contributed by atoms with Crippen LogP contribution < -0.4 is 0 Å². The first kappa shape index (κ1) is 10.8. The Labute approximate surface area is 81.9 Å². The highest BCUT2D eigenvalue weighted by molar-refractivity contribution is 5.12. The molecule has 1 aliphatic rings. The molecule has 0 spiro atoms.